The number of carbonyl (C=O) groups is 2. The summed E-state index contributed by atoms with van der Waals surface area (Å²) < 4.78 is 4.69. The van der Waals surface area contributed by atoms with Crippen LogP contribution < -0.4 is 5.32 Å². The molecule has 0 radical (unpaired) electrons. The average molecular weight is 239 g/mol. The Morgan fingerprint density at radius 2 is 2.24 bits per heavy atom. The molecule has 1 amide bonds. The van der Waals surface area contributed by atoms with Gasteiger partial charge < -0.3 is 14.9 Å². The highest BCUT2D eigenvalue weighted by atomic mass is 16.5. The Bertz CT molecular complexity index is 443. The van der Waals surface area contributed by atoms with Crippen LogP contribution in [0.5, 0.6) is 0 Å². The number of hydrogen-bond donors (Lipinski definition) is 2. The van der Waals surface area contributed by atoms with Gasteiger partial charge in [0, 0.05) is 13.0 Å². The fourth-order valence-electron chi connectivity index (χ4n) is 2.05. The Morgan fingerprint density at radius 3 is 2.82 bits per heavy atom. The van der Waals surface area contributed by atoms with Gasteiger partial charge in [-0.1, -0.05) is 11.6 Å². The number of amides is 1. The van der Waals surface area contributed by atoms with E-state index in [4.69, 9.17) is 5.11 Å². The molecule has 2 N–H and O–H groups in total. The highest BCUT2D eigenvalue weighted by molar-refractivity contribution is 5.90. The van der Waals surface area contributed by atoms with Crippen LogP contribution in [0.1, 0.15) is 35.8 Å². The van der Waals surface area contributed by atoms with Gasteiger partial charge >= 0.3 is 5.97 Å². The van der Waals surface area contributed by atoms with Crippen LogP contribution in [-0.2, 0) is 4.79 Å². The Hall–Kier alpha value is -1.92. The quantitative estimate of drug-likeness (QED) is 0.789. The van der Waals surface area contributed by atoms with Crippen molar-refractivity contribution < 1.29 is 19.2 Å². The van der Waals surface area contributed by atoms with E-state index in [0.29, 0.717) is 18.7 Å². The summed E-state index contributed by atoms with van der Waals surface area (Å²) in [7, 11) is 0. The van der Waals surface area contributed by atoms with Crippen molar-refractivity contribution in [1.29, 1.82) is 0 Å². The summed E-state index contributed by atoms with van der Waals surface area (Å²) in [5, 5.41) is 15.1. The second kappa shape index (κ2) is 4.52. The van der Waals surface area contributed by atoms with E-state index in [-0.39, 0.29) is 11.9 Å². The van der Waals surface area contributed by atoms with Gasteiger partial charge in [-0.25, -0.2) is 0 Å². The SMILES string of the molecule is Cc1nc(C(=O)NC2CCCC2C(=O)O)no1. The first kappa shape index (κ1) is 11.6. The van der Waals surface area contributed by atoms with Crippen LogP contribution in [0.4, 0.5) is 0 Å². The zero-order valence-electron chi connectivity index (χ0n) is 9.34. The van der Waals surface area contributed by atoms with E-state index in [1.54, 1.807) is 6.92 Å². The lowest BCUT2D eigenvalue weighted by Crippen LogP contribution is -2.40. The number of aromatic nitrogens is 2. The Labute approximate surface area is 97.2 Å². The molecule has 0 bridgehead atoms. The van der Waals surface area contributed by atoms with Gasteiger partial charge in [-0.2, -0.15) is 4.98 Å². The maximum absolute atomic E-state index is 11.7. The normalized spacial score (nSPS) is 23.6. The summed E-state index contributed by atoms with van der Waals surface area (Å²) in [5.74, 6) is -1.64. The van der Waals surface area contributed by atoms with Crippen molar-refractivity contribution in [2.24, 2.45) is 5.92 Å². The van der Waals surface area contributed by atoms with Crippen molar-refractivity contribution >= 4 is 11.9 Å². The van der Waals surface area contributed by atoms with Crippen molar-refractivity contribution in [1.82, 2.24) is 15.5 Å². The molecule has 7 heteroatoms. The minimum atomic E-state index is -0.878. The summed E-state index contributed by atoms with van der Waals surface area (Å²) in [5.41, 5.74) is 0. The maximum Gasteiger partial charge on any atom is 0.308 e. The molecule has 0 spiro atoms. The lowest BCUT2D eigenvalue weighted by atomic mass is 10.0. The summed E-state index contributed by atoms with van der Waals surface area (Å²) in [4.78, 5) is 26.4. The molecule has 1 heterocycles. The first-order chi connectivity index (χ1) is 8.08. The number of aliphatic carboxylic acids is 1. The number of carboxylic acids is 1. The van der Waals surface area contributed by atoms with Gasteiger partial charge in [0.25, 0.3) is 11.7 Å². The monoisotopic (exact) mass is 239 g/mol. The van der Waals surface area contributed by atoms with Crippen LogP contribution in [0.15, 0.2) is 4.52 Å². The van der Waals surface area contributed by atoms with Gasteiger partial charge in [0.2, 0.25) is 5.89 Å². The van der Waals surface area contributed by atoms with Crippen molar-refractivity contribution in [3.8, 4) is 0 Å². The van der Waals surface area contributed by atoms with Crippen LogP contribution in [0.25, 0.3) is 0 Å². The second-order valence-electron chi connectivity index (χ2n) is 4.09. The van der Waals surface area contributed by atoms with Crippen molar-refractivity contribution in [3.63, 3.8) is 0 Å². The predicted octanol–water partition coefficient (Wildman–Crippen LogP) is 0.361. The third kappa shape index (κ3) is 2.43. The van der Waals surface area contributed by atoms with Gasteiger partial charge in [0.15, 0.2) is 0 Å². The van der Waals surface area contributed by atoms with E-state index in [1.165, 1.54) is 0 Å². The third-order valence-electron chi connectivity index (χ3n) is 2.88. The van der Waals surface area contributed by atoms with E-state index in [1.807, 2.05) is 0 Å². The van der Waals surface area contributed by atoms with Crippen molar-refractivity contribution in [2.45, 2.75) is 32.2 Å². The molecule has 1 aliphatic carbocycles. The van der Waals surface area contributed by atoms with Crippen molar-refractivity contribution in [3.05, 3.63) is 11.7 Å². The summed E-state index contributed by atoms with van der Waals surface area (Å²) in [6, 6.07) is -0.348. The molecule has 2 unspecified atom stereocenters. The van der Waals surface area contributed by atoms with Crippen LogP contribution >= 0.6 is 0 Å². The lowest BCUT2D eigenvalue weighted by Gasteiger charge is -2.16. The van der Waals surface area contributed by atoms with E-state index in [2.05, 4.69) is 20.0 Å². The van der Waals surface area contributed by atoms with E-state index in [9.17, 15) is 9.59 Å². The van der Waals surface area contributed by atoms with E-state index >= 15 is 0 Å². The summed E-state index contributed by atoms with van der Waals surface area (Å²) in [6.07, 6.45) is 2.05. The fourth-order valence-corrected chi connectivity index (χ4v) is 2.05. The number of carboxylic acid groups (broad SMARTS) is 1. The second-order valence-corrected chi connectivity index (χ2v) is 4.09. The molecular formula is C10H13N3O4. The lowest BCUT2D eigenvalue weighted by molar-refractivity contribution is -0.142. The molecule has 0 aliphatic heterocycles. The molecule has 92 valence electrons. The molecule has 1 aliphatic rings. The predicted molar refractivity (Wildman–Crippen MR) is 55.3 cm³/mol. The molecule has 1 saturated carbocycles. The van der Waals surface area contributed by atoms with Crippen LogP contribution in [0, 0.1) is 12.8 Å². The van der Waals surface area contributed by atoms with E-state index < -0.39 is 17.8 Å². The molecule has 0 saturated heterocycles. The van der Waals surface area contributed by atoms with Gasteiger partial charge in [-0.15, -0.1) is 0 Å². The van der Waals surface area contributed by atoms with Gasteiger partial charge in [0.05, 0.1) is 5.92 Å². The minimum Gasteiger partial charge on any atom is -0.481 e. The number of carbonyl (C=O) groups excluding carboxylic acids is 1. The molecular weight excluding hydrogens is 226 g/mol. The van der Waals surface area contributed by atoms with Gasteiger partial charge in [-0.3, -0.25) is 9.59 Å². The van der Waals surface area contributed by atoms with Crippen molar-refractivity contribution in [2.75, 3.05) is 0 Å². The Balaban J connectivity index is 2.01. The fraction of sp³-hybridized carbons (Fsp3) is 0.600. The molecule has 1 fully saturated rings. The topological polar surface area (TPSA) is 105 Å². The maximum atomic E-state index is 11.7. The van der Waals surface area contributed by atoms with Crippen LogP contribution in [0.2, 0.25) is 0 Å². The standard InChI is InChI=1S/C10H13N3O4/c1-5-11-8(13-17-5)9(14)12-7-4-2-3-6(7)10(15)16/h6-7H,2-4H2,1H3,(H,12,14)(H,15,16). The zero-order chi connectivity index (χ0) is 12.4. The van der Waals surface area contributed by atoms with Crippen LogP contribution in [0.3, 0.4) is 0 Å². The number of aryl methyl sites for hydroxylation is 1. The first-order valence-electron chi connectivity index (χ1n) is 5.42. The largest absolute Gasteiger partial charge is 0.481 e. The zero-order valence-corrected chi connectivity index (χ0v) is 9.34. The molecule has 7 nitrogen and oxygen atoms in total. The molecule has 0 aromatic carbocycles. The Kier molecular flexibility index (Phi) is 3.08. The van der Waals surface area contributed by atoms with Gasteiger partial charge in [0.1, 0.15) is 0 Å². The number of hydrogen-bond acceptors (Lipinski definition) is 5. The van der Waals surface area contributed by atoms with E-state index in [0.717, 1.165) is 6.42 Å². The molecule has 17 heavy (non-hydrogen) atoms. The number of nitrogens with one attached hydrogen (secondary N) is 1. The first-order valence-corrected chi connectivity index (χ1v) is 5.42. The smallest absolute Gasteiger partial charge is 0.308 e. The molecule has 1 aromatic rings. The van der Waals surface area contributed by atoms with Gasteiger partial charge in [-0.05, 0) is 12.8 Å². The number of rotatable bonds is 3. The minimum absolute atomic E-state index is 0.0569. The molecule has 2 atom stereocenters. The summed E-state index contributed by atoms with van der Waals surface area (Å²) in [6.45, 7) is 1.58. The highest BCUT2D eigenvalue weighted by Gasteiger charge is 2.34. The number of nitrogens with zero attached hydrogens (tertiary/aromatic N) is 2. The molecule has 1 aromatic heterocycles. The Morgan fingerprint density at radius 1 is 1.47 bits per heavy atom. The third-order valence-corrected chi connectivity index (χ3v) is 2.88. The molecule has 2 rings (SSSR count). The average Bonchev–Trinajstić information content (AvgIpc) is 2.86. The summed E-state index contributed by atoms with van der Waals surface area (Å²) >= 11 is 0. The highest BCUT2D eigenvalue weighted by Crippen LogP contribution is 2.25. The van der Waals surface area contributed by atoms with Crippen LogP contribution in [-0.4, -0.2) is 33.2 Å².